The number of hydrogen-bond acceptors (Lipinski definition) is 5. The van der Waals surface area contributed by atoms with E-state index in [1.165, 1.54) is 0 Å². The predicted molar refractivity (Wildman–Crippen MR) is 82.1 cm³/mol. The van der Waals surface area contributed by atoms with Gasteiger partial charge in [0.2, 0.25) is 0 Å². The van der Waals surface area contributed by atoms with Crippen molar-refractivity contribution in [3.63, 3.8) is 0 Å². The molecule has 2 aromatic heterocycles. The lowest BCUT2D eigenvalue weighted by molar-refractivity contribution is 0.223. The van der Waals surface area contributed by atoms with Crippen molar-refractivity contribution in [1.82, 2.24) is 9.97 Å². The molecule has 1 aliphatic rings. The molecule has 1 saturated heterocycles. The zero-order valence-electron chi connectivity index (χ0n) is 11.2. The molecule has 21 heavy (non-hydrogen) atoms. The number of rotatable bonds is 3. The molecule has 0 bridgehead atoms. The van der Waals surface area contributed by atoms with Crippen LogP contribution in [0.25, 0.3) is 0 Å². The van der Waals surface area contributed by atoms with Gasteiger partial charge in [-0.2, -0.15) is 5.26 Å². The maximum atomic E-state index is 8.92. The van der Waals surface area contributed by atoms with Crippen LogP contribution in [-0.2, 0) is 0 Å². The standard InChI is InChI=1S/C15H13BrN4O/c16-14-9-18-4-2-15(14)21-13-3-6-20(10-13)12-1-5-19-11(7-12)8-17/h1-2,4-5,7,9,13H,3,6,10H2. The van der Waals surface area contributed by atoms with Gasteiger partial charge in [0.1, 0.15) is 23.6 Å². The average molecular weight is 345 g/mol. The fraction of sp³-hybridized carbons (Fsp3) is 0.267. The van der Waals surface area contributed by atoms with Gasteiger partial charge in [-0.15, -0.1) is 0 Å². The monoisotopic (exact) mass is 344 g/mol. The summed E-state index contributed by atoms with van der Waals surface area (Å²) < 4.78 is 6.87. The number of ether oxygens (including phenoxy) is 1. The number of pyridine rings is 2. The van der Waals surface area contributed by atoms with E-state index in [1.54, 1.807) is 18.6 Å². The second-order valence-electron chi connectivity index (χ2n) is 4.79. The number of halogens is 1. The maximum Gasteiger partial charge on any atom is 0.142 e. The summed E-state index contributed by atoms with van der Waals surface area (Å²) in [5.41, 5.74) is 1.45. The summed E-state index contributed by atoms with van der Waals surface area (Å²) >= 11 is 3.44. The molecule has 5 nitrogen and oxygen atoms in total. The molecule has 1 fully saturated rings. The van der Waals surface area contributed by atoms with Crippen molar-refractivity contribution in [1.29, 1.82) is 5.26 Å². The Bertz CT molecular complexity index is 685. The molecule has 0 aliphatic carbocycles. The molecular formula is C15H13BrN4O. The fourth-order valence-electron chi connectivity index (χ4n) is 2.37. The van der Waals surface area contributed by atoms with Gasteiger partial charge in [-0.05, 0) is 34.1 Å². The fourth-order valence-corrected chi connectivity index (χ4v) is 2.72. The molecular weight excluding hydrogens is 332 g/mol. The summed E-state index contributed by atoms with van der Waals surface area (Å²) in [6.07, 6.45) is 6.18. The van der Waals surface area contributed by atoms with Gasteiger partial charge in [0.25, 0.3) is 0 Å². The largest absolute Gasteiger partial charge is 0.487 e. The van der Waals surface area contributed by atoms with Crippen molar-refractivity contribution in [2.24, 2.45) is 0 Å². The first kappa shape index (κ1) is 13.8. The molecule has 1 atom stereocenters. The Labute approximate surface area is 131 Å². The highest BCUT2D eigenvalue weighted by molar-refractivity contribution is 9.10. The highest BCUT2D eigenvalue weighted by Crippen LogP contribution is 2.27. The van der Waals surface area contributed by atoms with E-state index in [9.17, 15) is 0 Å². The number of anilines is 1. The molecule has 0 amide bonds. The van der Waals surface area contributed by atoms with Gasteiger partial charge < -0.3 is 9.64 Å². The zero-order chi connectivity index (χ0) is 14.7. The second kappa shape index (κ2) is 6.10. The van der Waals surface area contributed by atoms with Crippen LogP contribution in [-0.4, -0.2) is 29.2 Å². The summed E-state index contributed by atoms with van der Waals surface area (Å²) in [6, 6.07) is 7.65. The Balaban J connectivity index is 1.68. The molecule has 106 valence electrons. The minimum Gasteiger partial charge on any atom is -0.487 e. The molecule has 0 spiro atoms. The van der Waals surface area contributed by atoms with E-state index in [0.717, 1.165) is 35.4 Å². The summed E-state index contributed by atoms with van der Waals surface area (Å²) in [6.45, 7) is 1.70. The maximum absolute atomic E-state index is 8.92. The third kappa shape index (κ3) is 3.14. The van der Waals surface area contributed by atoms with E-state index >= 15 is 0 Å². The lowest BCUT2D eigenvalue weighted by Gasteiger charge is -2.19. The topological polar surface area (TPSA) is 62.0 Å². The normalized spacial score (nSPS) is 17.5. The van der Waals surface area contributed by atoms with Crippen molar-refractivity contribution in [2.45, 2.75) is 12.5 Å². The average Bonchev–Trinajstić information content (AvgIpc) is 2.98. The van der Waals surface area contributed by atoms with Crippen molar-refractivity contribution in [3.8, 4) is 11.8 Å². The molecule has 0 saturated carbocycles. The molecule has 2 aromatic rings. The van der Waals surface area contributed by atoms with E-state index in [-0.39, 0.29) is 6.10 Å². The molecule has 1 unspecified atom stereocenters. The third-order valence-corrected chi connectivity index (χ3v) is 3.99. The minimum absolute atomic E-state index is 0.127. The Morgan fingerprint density at radius 3 is 3.10 bits per heavy atom. The van der Waals surface area contributed by atoms with Crippen LogP contribution in [0.5, 0.6) is 5.75 Å². The summed E-state index contributed by atoms with van der Waals surface area (Å²) in [5.74, 6) is 0.810. The number of aromatic nitrogens is 2. The predicted octanol–water partition coefficient (Wildman–Crippen LogP) is 2.77. The molecule has 3 heterocycles. The molecule has 0 radical (unpaired) electrons. The Kier molecular flexibility index (Phi) is 4.02. The smallest absolute Gasteiger partial charge is 0.142 e. The Morgan fingerprint density at radius 2 is 2.29 bits per heavy atom. The van der Waals surface area contributed by atoms with Crippen LogP contribution < -0.4 is 9.64 Å². The third-order valence-electron chi connectivity index (χ3n) is 3.40. The van der Waals surface area contributed by atoms with Gasteiger partial charge in [-0.3, -0.25) is 4.98 Å². The Hall–Kier alpha value is -2.13. The van der Waals surface area contributed by atoms with Crippen LogP contribution in [0.2, 0.25) is 0 Å². The zero-order valence-corrected chi connectivity index (χ0v) is 12.8. The van der Waals surface area contributed by atoms with Crippen LogP contribution in [0.1, 0.15) is 12.1 Å². The van der Waals surface area contributed by atoms with Gasteiger partial charge >= 0.3 is 0 Å². The van der Waals surface area contributed by atoms with Gasteiger partial charge in [0.15, 0.2) is 0 Å². The highest BCUT2D eigenvalue weighted by Gasteiger charge is 2.25. The lowest BCUT2D eigenvalue weighted by Crippen LogP contribution is -2.24. The van der Waals surface area contributed by atoms with E-state index in [2.05, 4.69) is 36.9 Å². The van der Waals surface area contributed by atoms with E-state index in [0.29, 0.717) is 5.69 Å². The first-order valence-corrected chi connectivity index (χ1v) is 7.43. The minimum atomic E-state index is 0.127. The number of hydrogen-bond donors (Lipinski definition) is 0. The molecule has 0 N–H and O–H groups in total. The summed E-state index contributed by atoms with van der Waals surface area (Å²) in [4.78, 5) is 10.2. The summed E-state index contributed by atoms with van der Waals surface area (Å²) in [5, 5.41) is 8.92. The van der Waals surface area contributed by atoms with E-state index < -0.39 is 0 Å². The summed E-state index contributed by atoms with van der Waals surface area (Å²) in [7, 11) is 0. The first-order chi connectivity index (χ1) is 10.3. The van der Waals surface area contributed by atoms with Gasteiger partial charge in [-0.25, -0.2) is 4.98 Å². The van der Waals surface area contributed by atoms with E-state index in [4.69, 9.17) is 10.00 Å². The molecule has 6 heteroatoms. The first-order valence-electron chi connectivity index (χ1n) is 6.63. The van der Waals surface area contributed by atoms with Crippen molar-refractivity contribution in [2.75, 3.05) is 18.0 Å². The molecule has 1 aliphatic heterocycles. The van der Waals surface area contributed by atoms with Crippen LogP contribution in [0, 0.1) is 11.3 Å². The quantitative estimate of drug-likeness (QED) is 0.856. The lowest BCUT2D eigenvalue weighted by atomic mass is 10.3. The van der Waals surface area contributed by atoms with Crippen molar-refractivity contribution >= 4 is 21.6 Å². The SMILES string of the molecule is N#Cc1cc(N2CCC(Oc3ccncc3Br)C2)ccn1. The molecule has 0 aromatic carbocycles. The van der Waals surface area contributed by atoms with Gasteiger partial charge in [0.05, 0.1) is 11.0 Å². The van der Waals surface area contributed by atoms with Crippen LogP contribution >= 0.6 is 15.9 Å². The van der Waals surface area contributed by atoms with Gasteiger partial charge in [0, 0.05) is 37.2 Å². The van der Waals surface area contributed by atoms with Gasteiger partial charge in [-0.1, -0.05) is 0 Å². The Morgan fingerprint density at radius 1 is 1.38 bits per heavy atom. The van der Waals surface area contributed by atoms with Crippen LogP contribution in [0.3, 0.4) is 0 Å². The number of nitrogens with zero attached hydrogens (tertiary/aromatic N) is 4. The van der Waals surface area contributed by atoms with Crippen LogP contribution in [0.4, 0.5) is 5.69 Å². The van der Waals surface area contributed by atoms with Crippen molar-refractivity contribution < 1.29 is 4.74 Å². The van der Waals surface area contributed by atoms with Crippen LogP contribution in [0.15, 0.2) is 41.3 Å². The van der Waals surface area contributed by atoms with E-state index in [1.807, 2.05) is 18.2 Å². The van der Waals surface area contributed by atoms with Crippen molar-refractivity contribution in [3.05, 3.63) is 47.0 Å². The number of nitriles is 1. The highest BCUT2D eigenvalue weighted by atomic mass is 79.9. The molecule has 3 rings (SSSR count). The second-order valence-corrected chi connectivity index (χ2v) is 5.65.